The van der Waals surface area contributed by atoms with E-state index in [1.165, 1.54) is 23.2 Å². The minimum absolute atomic E-state index is 0.222. The Morgan fingerprint density at radius 2 is 2.00 bits per heavy atom. The van der Waals surface area contributed by atoms with Gasteiger partial charge in [-0.05, 0) is 49.7 Å². The Balaban J connectivity index is 2.08. The number of nitrogens with two attached hydrogens (primary N) is 1. The summed E-state index contributed by atoms with van der Waals surface area (Å²) in [4.78, 5) is 2.54. The summed E-state index contributed by atoms with van der Waals surface area (Å²) in [6.45, 7) is 3.61. The fraction of sp³-hybridized carbons (Fsp3) is 0.571. The van der Waals surface area contributed by atoms with Crippen LogP contribution in [0.2, 0.25) is 5.02 Å². The number of likely N-dealkylation sites (N-methyl/N-ethyl adjacent to an activating group) is 1. The van der Waals surface area contributed by atoms with Crippen LogP contribution >= 0.6 is 11.6 Å². The standard InChI is InChI=1S/C14H22ClN3O2S/c1-17(8-9-18-6-2-3-7-18)21(19,20)13-4-5-14(15)12(10-13)11-16/h4-5,10H,2-3,6-9,11,16H2,1H3. The topological polar surface area (TPSA) is 66.6 Å². The largest absolute Gasteiger partial charge is 0.326 e. The molecule has 0 atom stereocenters. The first kappa shape index (κ1) is 16.7. The van der Waals surface area contributed by atoms with Gasteiger partial charge in [0.25, 0.3) is 0 Å². The molecule has 0 unspecified atom stereocenters. The maximum atomic E-state index is 12.5. The van der Waals surface area contributed by atoms with Crippen molar-refractivity contribution in [1.29, 1.82) is 0 Å². The molecule has 5 nitrogen and oxygen atoms in total. The Bertz CT molecular complexity index is 586. The average molecular weight is 332 g/mol. The van der Waals surface area contributed by atoms with Gasteiger partial charge < -0.3 is 10.6 Å². The predicted octanol–water partition coefficient (Wildman–Crippen LogP) is 1.51. The van der Waals surface area contributed by atoms with Gasteiger partial charge in [0.05, 0.1) is 4.90 Å². The highest BCUT2D eigenvalue weighted by molar-refractivity contribution is 7.89. The Morgan fingerprint density at radius 1 is 1.33 bits per heavy atom. The van der Waals surface area contributed by atoms with E-state index in [9.17, 15) is 8.42 Å². The molecule has 7 heteroatoms. The maximum absolute atomic E-state index is 12.5. The Labute approximate surface area is 131 Å². The van der Waals surface area contributed by atoms with Crippen molar-refractivity contribution in [2.75, 3.05) is 33.2 Å². The first-order chi connectivity index (χ1) is 9.95. The smallest absolute Gasteiger partial charge is 0.242 e. The quantitative estimate of drug-likeness (QED) is 0.858. The van der Waals surface area contributed by atoms with Crippen LogP contribution in [0.1, 0.15) is 18.4 Å². The van der Waals surface area contributed by atoms with E-state index in [-0.39, 0.29) is 11.4 Å². The number of halogens is 1. The monoisotopic (exact) mass is 331 g/mol. The summed E-state index contributed by atoms with van der Waals surface area (Å²) in [5, 5.41) is 0.496. The number of hydrogen-bond acceptors (Lipinski definition) is 4. The minimum atomic E-state index is -3.49. The molecule has 1 aromatic rings. The van der Waals surface area contributed by atoms with Crippen molar-refractivity contribution in [1.82, 2.24) is 9.21 Å². The molecule has 0 aromatic heterocycles. The number of likely N-dealkylation sites (tertiary alicyclic amines) is 1. The van der Waals surface area contributed by atoms with Crippen LogP contribution in [0.25, 0.3) is 0 Å². The highest BCUT2D eigenvalue weighted by Gasteiger charge is 2.22. The van der Waals surface area contributed by atoms with Gasteiger partial charge in [-0.1, -0.05) is 11.6 Å². The molecule has 21 heavy (non-hydrogen) atoms. The van der Waals surface area contributed by atoms with E-state index in [2.05, 4.69) is 4.90 Å². The third kappa shape index (κ3) is 3.96. The van der Waals surface area contributed by atoms with Crippen LogP contribution in [-0.2, 0) is 16.6 Å². The SMILES string of the molecule is CN(CCN1CCCC1)S(=O)(=O)c1ccc(Cl)c(CN)c1. The number of rotatable bonds is 6. The normalized spacial score (nSPS) is 16.8. The van der Waals surface area contributed by atoms with Crippen LogP contribution in [0.3, 0.4) is 0 Å². The summed E-state index contributed by atoms with van der Waals surface area (Å²) < 4.78 is 26.5. The van der Waals surface area contributed by atoms with Gasteiger partial charge in [0.15, 0.2) is 0 Å². The summed E-state index contributed by atoms with van der Waals surface area (Å²) in [7, 11) is -1.87. The third-order valence-electron chi connectivity index (χ3n) is 3.88. The first-order valence-corrected chi connectivity index (χ1v) is 8.94. The molecule has 1 heterocycles. The van der Waals surface area contributed by atoms with Gasteiger partial charge >= 0.3 is 0 Å². The molecule has 1 fully saturated rings. The summed E-state index contributed by atoms with van der Waals surface area (Å²) in [6, 6.07) is 4.68. The average Bonchev–Trinajstić information content (AvgIpc) is 2.98. The highest BCUT2D eigenvalue weighted by Crippen LogP contribution is 2.22. The maximum Gasteiger partial charge on any atom is 0.242 e. The van der Waals surface area contributed by atoms with E-state index < -0.39 is 10.0 Å². The van der Waals surface area contributed by atoms with Gasteiger partial charge in [-0.2, -0.15) is 4.31 Å². The zero-order valence-electron chi connectivity index (χ0n) is 12.3. The fourth-order valence-electron chi connectivity index (χ4n) is 2.46. The molecule has 1 aliphatic heterocycles. The molecule has 0 aliphatic carbocycles. The molecular formula is C14H22ClN3O2S. The first-order valence-electron chi connectivity index (χ1n) is 7.12. The Kier molecular flexibility index (Phi) is 5.62. The second-order valence-electron chi connectivity index (χ2n) is 5.33. The molecule has 0 amide bonds. The number of sulfonamides is 1. The van der Waals surface area contributed by atoms with Crippen molar-refractivity contribution < 1.29 is 8.42 Å². The molecule has 2 rings (SSSR count). The molecule has 0 saturated carbocycles. The zero-order valence-corrected chi connectivity index (χ0v) is 13.8. The van der Waals surface area contributed by atoms with Gasteiger partial charge in [0.2, 0.25) is 10.0 Å². The van der Waals surface area contributed by atoms with Crippen LogP contribution in [-0.4, -0.2) is 50.8 Å². The van der Waals surface area contributed by atoms with Crippen LogP contribution in [0.15, 0.2) is 23.1 Å². The Hall–Kier alpha value is -0.660. The number of benzene rings is 1. The predicted molar refractivity (Wildman–Crippen MR) is 84.8 cm³/mol. The molecule has 2 N–H and O–H groups in total. The van der Waals surface area contributed by atoms with Crippen LogP contribution in [0, 0.1) is 0 Å². The van der Waals surface area contributed by atoms with Crippen molar-refractivity contribution in [2.24, 2.45) is 5.73 Å². The van der Waals surface area contributed by atoms with Crippen LogP contribution in [0.4, 0.5) is 0 Å². The lowest BCUT2D eigenvalue weighted by atomic mass is 10.2. The molecule has 1 aromatic carbocycles. The molecule has 0 radical (unpaired) electrons. The highest BCUT2D eigenvalue weighted by atomic mass is 35.5. The fourth-order valence-corrected chi connectivity index (χ4v) is 3.86. The summed E-state index contributed by atoms with van der Waals surface area (Å²) in [5.41, 5.74) is 6.22. The minimum Gasteiger partial charge on any atom is -0.326 e. The van der Waals surface area contributed by atoms with Crippen molar-refractivity contribution in [2.45, 2.75) is 24.3 Å². The van der Waals surface area contributed by atoms with Crippen molar-refractivity contribution in [3.05, 3.63) is 28.8 Å². The second kappa shape index (κ2) is 7.07. The molecule has 1 aliphatic rings. The number of hydrogen-bond donors (Lipinski definition) is 1. The van der Waals surface area contributed by atoms with Crippen LogP contribution < -0.4 is 5.73 Å². The van der Waals surface area contributed by atoms with Gasteiger partial charge in [0.1, 0.15) is 0 Å². The van der Waals surface area contributed by atoms with Gasteiger partial charge in [0, 0.05) is 31.7 Å². The molecular weight excluding hydrogens is 310 g/mol. The van der Waals surface area contributed by atoms with Crippen molar-refractivity contribution >= 4 is 21.6 Å². The summed E-state index contributed by atoms with van der Waals surface area (Å²) in [6.07, 6.45) is 2.40. The Morgan fingerprint density at radius 3 is 2.62 bits per heavy atom. The van der Waals surface area contributed by atoms with E-state index >= 15 is 0 Å². The lowest BCUT2D eigenvalue weighted by Gasteiger charge is -2.21. The van der Waals surface area contributed by atoms with Gasteiger partial charge in [-0.3, -0.25) is 0 Å². The molecule has 0 spiro atoms. The van der Waals surface area contributed by atoms with Gasteiger partial charge in [-0.15, -0.1) is 0 Å². The summed E-state index contributed by atoms with van der Waals surface area (Å²) in [5.74, 6) is 0. The van der Waals surface area contributed by atoms with Crippen LogP contribution in [0.5, 0.6) is 0 Å². The lowest BCUT2D eigenvalue weighted by Crippen LogP contribution is -2.35. The summed E-state index contributed by atoms with van der Waals surface area (Å²) >= 11 is 5.98. The van der Waals surface area contributed by atoms with E-state index in [0.717, 1.165) is 19.6 Å². The second-order valence-corrected chi connectivity index (χ2v) is 7.78. The molecule has 1 saturated heterocycles. The molecule has 0 bridgehead atoms. The third-order valence-corrected chi connectivity index (χ3v) is 6.10. The van der Waals surface area contributed by atoms with Crippen molar-refractivity contribution in [3.63, 3.8) is 0 Å². The zero-order chi connectivity index (χ0) is 15.5. The van der Waals surface area contributed by atoms with E-state index in [4.69, 9.17) is 17.3 Å². The van der Waals surface area contributed by atoms with E-state index in [1.807, 2.05) is 0 Å². The molecule has 118 valence electrons. The lowest BCUT2D eigenvalue weighted by molar-refractivity contribution is 0.310. The number of nitrogens with zero attached hydrogens (tertiary/aromatic N) is 2. The van der Waals surface area contributed by atoms with Gasteiger partial charge in [-0.25, -0.2) is 8.42 Å². The van der Waals surface area contributed by atoms with E-state index in [0.29, 0.717) is 17.1 Å². The van der Waals surface area contributed by atoms with Crippen molar-refractivity contribution in [3.8, 4) is 0 Å². The van der Waals surface area contributed by atoms with E-state index in [1.54, 1.807) is 19.2 Å².